The van der Waals surface area contributed by atoms with Crippen LogP contribution in [0.4, 0.5) is 11.4 Å². The molecule has 190 valence electrons. The molecule has 0 aromatic heterocycles. The average molecular weight is 498 g/mol. The van der Waals surface area contributed by atoms with E-state index in [1.807, 2.05) is 30.5 Å². The number of para-hydroxylation sites is 2. The zero-order chi connectivity index (χ0) is 25.2. The molecule has 6 nitrogen and oxygen atoms in total. The number of nitrogens with zero attached hydrogens (tertiary/aromatic N) is 1. The number of carbonyl (C=O) groups is 3. The monoisotopic (exact) mass is 497 g/mol. The van der Waals surface area contributed by atoms with Gasteiger partial charge in [-0.05, 0) is 80.2 Å². The van der Waals surface area contributed by atoms with Crippen molar-refractivity contribution in [3.05, 3.63) is 46.7 Å². The molecular formula is C28H39N3O3S. The van der Waals surface area contributed by atoms with Gasteiger partial charge in [-0.1, -0.05) is 18.7 Å². The first kappa shape index (κ1) is 27.1. The normalized spacial score (nSPS) is 20.7. The summed E-state index contributed by atoms with van der Waals surface area (Å²) in [6, 6.07) is 8.02. The van der Waals surface area contributed by atoms with Gasteiger partial charge in [0.15, 0.2) is 0 Å². The number of Topliss-reactive ketones (excluding diaryl/α,β-unsaturated/α-hetero) is 1. The molecule has 0 spiro atoms. The van der Waals surface area contributed by atoms with Gasteiger partial charge in [0.2, 0.25) is 5.91 Å². The van der Waals surface area contributed by atoms with E-state index in [0.717, 1.165) is 55.1 Å². The first-order valence-electron chi connectivity index (χ1n) is 12.8. The van der Waals surface area contributed by atoms with Gasteiger partial charge in [-0.15, -0.1) is 11.8 Å². The van der Waals surface area contributed by atoms with Crippen LogP contribution in [0.1, 0.15) is 64.7 Å². The van der Waals surface area contributed by atoms with Crippen LogP contribution in [0.25, 0.3) is 0 Å². The van der Waals surface area contributed by atoms with Crippen molar-refractivity contribution < 1.29 is 14.4 Å². The highest BCUT2D eigenvalue weighted by Gasteiger charge is 2.27. The maximum atomic E-state index is 12.9. The highest BCUT2D eigenvalue weighted by atomic mass is 32.2. The van der Waals surface area contributed by atoms with Crippen molar-refractivity contribution in [3.8, 4) is 0 Å². The van der Waals surface area contributed by atoms with Crippen LogP contribution >= 0.6 is 11.8 Å². The Balaban J connectivity index is 1.47. The van der Waals surface area contributed by atoms with Crippen LogP contribution in [0.2, 0.25) is 0 Å². The first-order chi connectivity index (χ1) is 16.9. The van der Waals surface area contributed by atoms with Gasteiger partial charge < -0.3 is 15.5 Å². The number of amides is 2. The van der Waals surface area contributed by atoms with Crippen molar-refractivity contribution >= 4 is 40.7 Å². The third kappa shape index (κ3) is 7.99. The molecular weight excluding hydrogens is 458 g/mol. The molecule has 1 aromatic rings. The fourth-order valence-electron chi connectivity index (χ4n) is 4.83. The molecule has 2 fully saturated rings. The van der Waals surface area contributed by atoms with Gasteiger partial charge in [0.05, 0.1) is 11.4 Å². The molecule has 1 heterocycles. The maximum Gasteiger partial charge on any atom is 0.251 e. The van der Waals surface area contributed by atoms with E-state index >= 15 is 0 Å². The Morgan fingerprint density at radius 3 is 2.37 bits per heavy atom. The highest BCUT2D eigenvalue weighted by molar-refractivity contribution is 8.05. The second-order valence-corrected chi connectivity index (χ2v) is 10.6. The Morgan fingerprint density at radius 2 is 1.69 bits per heavy atom. The van der Waals surface area contributed by atoms with Gasteiger partial charge in [-0.3, -0.25) is 14.4 Å². The summed E-state index contributed by atoms with van der Waals surface area (Å²) in [6.07, 6.45) is 7.76. The summed E-state index contributed by atoms with van der Waals surface area (Å²) >= 11 is 1.52. The minimum absolute atomic E-state index is 0.0525. The number of thioether (sulfide) groups is 1. The third-order valence-electron chi connectivity index (χ3n) is 7.11. The molecule has 2 aliphatic rings. The molecule has 2 amide bonds. The summed E-state index contributed by atoms with van der Waals surface area (Å²) in [5.74, 6) is 0.410. The predicted octanol–water partition coefficient (Wildman–Crippen LogP) is 5.67. The molecule has 0 bridgehead atoms. The third-order valence-corrected chi connectivity index (χ3v) is 8.22. The summed E-state index contributed by atoms with van der Waals surface area (Å²) in [4.78, 5) is 40.1. The van der Waals surface area contributed by atoms with E-state index < -0.39 is 0 Å². The molecule has 35 heavy (non-hydrogen) atoms. The van der Waals surface area contributed by atoms with Crippen LogP contribution in [0, 0.1) is 11.8 Å². The Bertz CT molecular complexity index is 945. The number of carbonyl (C=O) groups excluding carboxylic acids is 3. The van der Waals surface area contributed by atoms with Crippen molar-refractivity contribution in [3.63, 3.8) is 0 Å². The van der Waals surface area contributed by atoms with E-state index in [9.17, 15) is 14.4 Å². The van der Waals surface area contributed by atoms with Crippen molar-refractivity contribution in [1.82, 2.24) is 5.32 Å². The average Bonchev–Trinajstić information content (AvgIpc) is 2.90. The zero-order valence-corrected chi connectivity index (χ0v) is 21.9. The minimum atomic E-state index is -0.0971. The van der Waals surface area contributed by atoms with Crippen molar-refractivity contribution in [1.29, 1.82) is 0 Å². The Morgan fingerprint density at radius 1 is 1.03 bits per heavy atom. The Kier molecular flexibility index (Phi) is 10.5. The second kappa shape index (κ2) is 13.5. The smallest absolute Gasteiger partial charge is 0.251 e. The number of anilines is 2. The predicted molar refractivity (Wildman–Crippen MR) is 145 cm³/mol. The van der Waals surface area contributed by atoms with E-state index in [4.69, 9.17) is 0 Å². The van der Waals surface area contributed by atoms with E-state index in [0.29, 0.717) is 17.9 Å². The topological polar surface area (TPSA) is 78.5 Å². The molecule has 0 radical (unpaired) electrons. The number of ketones is 1. The number of allylic oxidation sites excluding steroid dienone is 1. The van der Waals surface area contributed by atoms with E-state index in [1.54, 1.807) is 7.05 Å². The Labute approximate surface area is 214 Å². The standard InChI is InChI=1S/C28H39N3O3S/c1-20(28(34)30-24-9-5-6-10-25(24)31-17-7-4-8-18-31)19-35-21(2)22-11-13-23(14-12-22)26(32)15-16-27(33)29-3/h5-6,9-10,19,22-23H,2,4,7-8,11-18H2,1,3H3,(H,29,33)(H,30,34)/b20-19+. The molecule has 1 aliphatic heterocycles. The fraction of sp³-hybridized carbons (Fsp3) is 0.536. The second-order valence-electron chi connectivity index (χ2n) is 9.59. The van der Waals surface area contributed by atoms with Gasteiger partial charge in [0.25, 0.3) is 5.91 Å². The van der Waals surface area contributed by atoms with E-state index in [2.05, 4.69) is 28.2 Å². The van der Waals surface area contributed by atoms with Crippen molar-refractivity contribution in [2.24, 2.45) is 11.8 Å². The lowest BCUT2D eigenvalue weighted by molar-refractivity contribution is -0.127. The van der Waals surface area contributed by atoms with Gasteiger partial charge >= 0.3 is 0 Å². The van der Waals surface area contributed by atoms with Crippen LogP contribution in [-0.4, -0.2) is 37.7 Å². The van der Waals surface area contributed by atoms with Crippen molar-refractivity contribution in [2.45, 2.75) is 64.7 Å². The summed E-state index contributed by atoms with van der Waals surface area (Å²) < 4.78 is 0. The number of hydrogen-bond acceptors (Lipinski definition) is 5. The number of hydrogen-bond donors (Lipinski definition) is 2. The number of rotatable bonds is 10. The summed E-state index contributed by atoms with van der Waals surface area (Å²) in [5, 5.41) is 7.55. The Hall–Kier alpha value is -2.54. The van der Waals surface area contributed by atoms with Crippen LogP contribution in [0.3, 0.4) is 0 Å². The molecule has 7 heteroatoms. The minimum Gasteiger partial charge on any atom is -0.370 e. The van der Waals surface area contributed by atoms with Gasteiger partial charge in [-0.2, -0.15) is 0 Å². The van der Waals surface area contributed by atoms with Crippen LogP contribution in [0.15, 0.2) is 46.7 Å². The fourth-order valence-corrected chi connectivity index (χ4v) is 5.69. The highest BCUT2D eigenvalue weighted by Crippen LogP contribution is 2.38. The molecule has 1 aromatic carbocycles. The summed E-state index contributed by atoms with van der Waals surface area (Å²) in [5.41, 5.74) is 2.60. The molecule has 3 rings (SSSR count). The number of nitrogens with one attached hydrogen (secondary N) is 2. The van der Waals surface area contributed by atoms with Crippen LogP contribution in [0.5, 0.6) is 0 Å². The number of benzene rings is 1. The van der Waals surface area contributed by atoms with Gasteiger partial charge in [-0.25, -0.2) is 0 Å². The lowest BCUT2D eigenvalue weighted by atomic mass is 9.79. The van der Waals surface area contributed by atoms with E-state index in [1.165, 1.54) is 31.0 Å². The largest absolute Gasteiger partial charge is 0.370 e. The van der Waals surface area contributed by atoms with Crippen LogP contribution in [-0.2, 0) is 14.4 Å². The van der Waals surface area contributed by atoms with Gasteiger partial charge in [0.1, 0.15) is 5.78 Å². The molecule has 0 unspecified atom stereocenters. The van der Waals surface area contributed by atoms with Gasteiger partial charge in [0, 0.05) is 44.5 Å². The zero-order valence-electron chi connectivity index (χ0n) is 21.1. The molecule has 2 N–H and O–H groups in total. The molecule has 0 atom stereocenters. The quantitative estimate of drug-likeness (QED) is 0.407. The first-order valence-corrected chi connectivity index (χ1v) is 13.7. The molecule has 1 saturated carbocycles. The van der Waals surface area contributed by atoms with E-state index in [-0.39, 0.29) is 29.9 Å². The lowest BCUT2D eigenvalue weighted by Crippen LogP contribution is -2.30. The SMILES string of the molecule is C=C(S/C=C(\C)C(=O)Nc1ccccc1N1CCCCC1)C1CCC(C(=O)CCC(=O)NC)CC1. The maximum absolute atomic E-state index is 12.9. The van der Waals surface area contributed by atoms with Crippen molar-refractivity contribution in [2.75, 3.05) is 30.4 Å². The molecule has 1 aliphatic carbocycles. The summed E-state index contributed by atoms with van der Waals surface area (Å²) in [6.45, 7) is 8.14. The number of piperidine rings is 1. The molecule has 1 saturated heterocycles. The van der Waals surface area contributed by atoms with Crippen LogP contribution < -0.4 is 15.5 Å². The lowest BCUT2D eigenvalue weighted by Gasteiger charge is -2.30. The summed E-state index contributed by atoms with van der Waals surface area (Å²) in [7, 11) is 1.59.